The lowest BCUT2D eigenvalue weighted by atomic mass is 10.0. The van der Waals surface area contributed by atoms with Crippen LogP contribution in [0, 0.1) is 0 Å². The van der Waals surface area contributed by atoms with Crippen molar-refractivity contribution in [1.29, 1.82) is 0 Å². The number of rotatable bonds is 6. The van der Waals surface area contributed by atoms with Gasteiger partial charge in [-0.3, -0.25) is 0 Å². The topological polar surface area (TPSA) is 134 Å². The van der Waals surface area contributed by atoms with Crippen LogP contribution in [0.4, 0.5) is 17.5 Å². The molecule has 9 nitrogen and oxygen atoms in total. The highest BCUT2D eigenvalue weighted by molar-refractivity contribution is 5.84. The van der Waals surface area contributed by atoms with E-state index in [9.17, 15) is 10.2 Å². The molecule has 3 aromatic rings. The third-order valence-electron chi connectivity index (χ3n) is 4.51. The minimum Gasteiger partial charge on any atom is -0.508 e. The zero-order chi connectivity index (χ0) is 19.8. The molecule has 0 saturated heterocycles. The summed E-state index contributed by atoms with van der Waals surface area (Å²) in [5, 5.41) is 26.5. The van der Waals surface area contributed by atoms with Crippen LogP contribution in [0.15, 0.2) is 24.5 Å². The van der Waals surface area contributed by atoms with E-state index in [2.05, 4.69) is 25.6 Å². The van der Waals surface area contributed by atoms with Crippen LogP contribution in [0.2, 0.25) is 0 Å². The summed E-state index contributed by atoms with van der Waals surface area (Å²) in [5.74, 6) is 1.05. The number of imidazole rings is 1. The van der Waals surface area contributed by atoms with Crippen molar-refractivity contribution in [3.8, 4) is 5.75 Å². The molecule has 0 aliphatic heterocycles. The summed E-state index contributed by atoms with van der Waals surface area (Å²) >= 11 is 0. The monoisotopic (exact) mass is 371 g/mol. The maximum Gasteiger partial charge on any atom is 0.227 e. The number of hydrogen-bond donors (Lipinski definition) is 5. The van der Waals surface area contributed by atoms with Gasteiger partial charge in [0.25, 0.3) is 0 Å². The van der Waals surface area contributed by atoms with E-state index in [0.29, 0.717) is 40.7 Å². The van der Waals surface area contributed by atoms with Crippen molar-refractivity contribution in [1.82, 2.24) is 19.5 Å². The average Bonchev–Trinajstić information content (AvgIpc) is 2.96. The first kappa shape index (κ1) is 18.7. The number of hydrogen-bond acceptors (Lipinski definition) is 8. The fourth-order valence-electron chi connectivity index (χ4n) is 2.49. The van der Waals surface area contributed by atoms with Gasteiger partial charge in [-0.25, -0.2) is 4.98 Å². The molecule has 0 fully saturated rings. The number of phenolic OH excluding ortho intramolecular Hbond substituents is 1. The molecule has 0 saturated carbocycles. The quantitative estimate of drug-likeness (QED) is 0.327. The Labute approximate surface area is 157 Å². The van der Waals surface area contributed by atoms with Gasteiger partial charge < -0.3 is 31.1 Å². The van der Waals surface area contributed by atoms with Crippen molar-refractivity contribution in [2.45, 2.75) is 39.0 Å². The average molecular weight is 371 g/mol. The van der Waals surface area contributed by atoms with Crippen LogP contribution in [-0.2, 0) is 13.6 Å². The van der Waals surface area contributed by atoms with Crippen LogP contribution in [0.1, 0.15) is 26.3 Å². The first-order chi connectivity index (χ1) is 12.6. The normalized spacial score (nSPS) is 12.9. The molecule has 0 aliphatic carbocycles. The van der Waals surface area contributed by atoms with Crippen molar-refractivity contribution in [3.05, 3.63) is 30.1 Å². The van der Waals surface area contributed by atoms with Gasteiger partial charge in [0.1, 0.15) is 5.75 Å². The second kappa shape index (κ2) is 6.92. The van der Waals surface area contributed by atoms with Crippen molar-refractivity contribution in [2.75, 3.05) is 16.4 Å². The lowest BCUT2D eigenvalue weighted by Gasteiger charge is -2.26. The Kier molecular flexibility index (Phi) is 4.79. The van der Waals surface area contributed by atoms with Crippen molar-refractivity contribution < 1.29 is 10.2 Å². The van der Waals surface area contributed by atoms with Gasteiger partial charge >= 0.3 is 0 Å². The van der Waals surface area contributed by atoms with Crippen molar-refractivity contribution >= 4 is 28.6 Å². The number of fused-ring (bicyclic) bond motifs is 1. The number of phenols is 1. The number of benzene rings is 1. The molecule has 0 bridgehead atoms. The summed E-state index contributed by atoms with van der Waals surface area (Å²) in [6, 6.07) is 4.63. The standard InChI is InChI=1S/C18H25N7O2/c1-10(18(2,3)27)22-17-23-15(14-16(24-17)25(4)9-21-14)20-8-11-7-12(19)5-6-13(11)26/h5-7,9-10,26-27H,8,19H2,1-4H3,(H2,20,22,23,24). The number of nitrogen functional groups attached to an aromatic ring is 1. The zero-order valence-electron chi connectivity index (χ0n) is 15.9. The van der Waals surface area contributed by atoms with Crippen molar-refractivity contribution in [2.24, 2.45) is 7.05 Å². The molecule has 6 N–H and O–H groups in total. The molecule has 0 radical (unpaired) electrons. The predicted molar refractivity (Wildman–Crippen MR) is 106 cm³/mol. The third kappa shape index (κ3) is 4.03. The molecule has 2 aromatic heterocycles. The fourth-order valence-corrected chi connectivity index (χ4v) is 2.49. The van der Waals surface area contributed by atoms with E-state index < -0.39 is 5.60 Å². The molecule has 0 amide bonds. The molecule has 1 atom stereocenters. The summed E-state index contributed by atoms with van der Waals surface area (Å²) in [7, 11) is 1.85. The van der Waals surface area contributed by atoms with E-state index in [1.807, 2.05) is 14.0 Å². The smallest absolute Gasteiger partial charge is 0.227 e. The van der Waals surface area contributed by atoms with E-state index in [0.717, 1.165) is 0 Å². The van der Waals surface area contributed by atoms with Gasteiger partial charge in [-0.2, -0.15) is 9.97 Å². The van der Waals surface area contributed by atoms with E-state index in [1.54, 1.807) is 42.9 Å². The maximum atomic E-state index is 10.2. The fraction of sp³-hybridized carbons (Fsp3) is 0.389. The predicted octanol–water partition coefficient (Wildman–Crippen LogP) is 1.83. The van der Waals surface area contributed by atoms with Crippen LogP contribution in [0.25, 0.3) is 11.2 Å². The van der Waals surface area contributed by atoms with Gasteiger partial charge in [-0.05, 0) is 39.0 Å². The minimum absolute atomic E-state index is 0.150. The maximum absolute atomic E-state index is 10.2. The number of nitrogens with one attached hydrogen (secondary N) is 2. The summed E-state index contributed by atoms with van der Waals surface area (Å²) in [5.41, 5.74) is 7.33. The second-order valence-corrected chi connectivity index (χ2v) is 7.18. The largest absolute Gasteiger partial charge is 0.508 e. The lowest BCUT2D eigenvalue weighted by molar-refractivity contribution is 0.0646. The van der Waals surface area contributed by atoms with Crippen LogP contribution in [-0.4, -0.2) is 41.4 Å². The summed E-state index contributed by atoms with van der Waals surface area (Å²) < 4.78 is 1.79. The minimum atomic E-state index is -0.939. The zero-order valence-corrected chi connectivity index (χ0v) is 15.9. The Balaban J connectivity index is 1.92. The highest BCUT2D eigenvalue weighted by Crippen LogP contribution is 2.25. The third-order valence-corrected chi connectivity index (χ3v) is 4.51. The highest BCUT2D eigenvalue weighted by atomic mass is 16.3. The molecule has 0 aliphatic rings. The molecule has 9 heteroatoms. The molecule has 27 heavy (non-hydrogen) atoms. The first-order valence-electron chi connectivity index (χ1n) is 8.64. The SMILES string of the molecule is CC(Nc1nc(NCc2cc(N)ccc2O)c2ncn(C)c2n1)C(C)(C)O. The van der Waals surface area contributed by atoms with Gasteiger partial charge in [0.2, 0.25) is 5.95 Å². The number of nitrogens with zero attached hydrogens (tertiary/aromatic N) is 4. The second-order valence-electron chi connectivity index (χ2n) is 7.18. The molecule has 2 heterocycles. The van der Waals surface area contributed by atoms with Crippen LogP contribution in [0.3, 0.4) is 0 Å². The van der Waals surface area contributed by atoms with Crippen LogP contribution in [0.5, 0.6) is 5.75 Å². The molecule has 1 unspecified atom stereocenters. The van der Waals surface area contributed by atoms with Crippen LogP contribution < -0.4 is 16.4 Å². The van der Waals surface area contributed by atoms with Crippen LogP contribution >= 0.6 is 0 Å². The summed E-state index contributed by atoms with van der Waals surface area (Å²) in [6.07, 6.45) is 1.66. The number of nitrogens with two attached hydrogens (primary N) is 1. The Morgan fingerprint density at radius 2 is 2.04 bits per heavy atom. The molecule has 3 rings (SSSR count). The summed E-state index contributed by atoms with van der Waals surface area (Å²) in [6.45, 7) is 5.61. The molecular formula is C18H25N7O2. The number of aliphatic hydroxyl groups is 1. The van der Waals surface area contributed by atoms with E-state index in [1.165, 1.54) is 0 Å². The molecule has 1 aromatic carbocycles. The van der Waals surface area contributed by atoms with Gasteiger partial charge in [0.15, 0.2) is 17.0 Å². The Hall–Kier alpha value is -3.07. The first-order valence-corrected chi connectivity index (χ1v) is 8.64. The van der Waals surface area contributed by atoms with Gasteiger partial charge in [0.05, 0.1) is 18.0 Å². The Bertz CT molecular complexity index is 962. The summed E-state index contributed by atoms with van der Waals surface area (Å²) in [4.78, 5) is 13.3. The number of anilines is 3. The van der Waals surface area contributed by atoms with E-state index >= 15 is 0 Å². The number of aromatic nitrogens is 4. The lowest BCUT2D eigenvalue weighted by Crippen LogP contribution is -2.39. The van der Waals surface area contributed by atoms with E-state index in [-0.39, 0.29) is 11.8 Å². The Morgan fingerprint density at radius 3 is 2.74 bits per heavy atom. The highest BCUT2D eigenvalue weighted by Gasteiger charge is 2.23. The molecular weight excluding hydrogens is 346 g/mol. The van der Waals surface area contributed by atoms with Gasteiger partial charge in [-0.1, -0.05) is 0 Å². The van der Waals surface area contributed by atoms with Gasteiger partial charge in [0, 0.05) is 24.8 Å². The number of aryl methyl sites for hydroxylation is 1. The number of aromatic hydroxyl groups is 1. The van der Waals surface area contributed by atoms with Gasteiger partial charge in [-0.15, -0.1) is 0 Å². The van der Waals surface area contributed by atoms with E-state index in [4.69, 9.17) is 5.73 Å². The molecule has 0 spiro atoms. The molecule has 144 valence electrons. The van der Waals surface area contributed by atoms with Crippen molar-refractivity contribution in [3.63, 3.8) is 0 Å². The Morgan fingerprint density at radius 1 is 1.30 bits per heavy atom.